The van der Waals surface area contributed by atoms with E-state index >= 15 is 0 Å². The molecule has 0 aromatic carbocycles. The molecule has 2 rings (SSSR count). The summed E-state index contributed by atoms with van der Waals surface area (Å²) in [5, 5.41) is 0. The predicted octanol–water partition coefficient (Wildman–Crippen LogP) is 2.87. The van der Waals surface area contributed by atoms with Gasteiger partial charge in [-0.3, -0.25) is 4.79 Å². The van der Waals surface area contributed by atoms with Gasteiger partial charge < -0.3 is 4.74 Å². The van der Waals surface area contributed by atoms with Crippen molar-refractivity contribution < 1.29 is 9.53 Å². The van der Waals surface area contributed by atoms with Crippen molar-refractivity contribution in [1.29, 1.82) is 0 Å². The van der Waals surface area contributed by atoms with Gasteiger partial charge in [0.2, 0.25) is 0 Å². The molecule has 18 heavy (non-hydrogen) atoms. The van der Waals surface area contributed by atoms with Crippen LogP contribution in [0.3, 0.4) is 0 Å². The minimum Gasteiger partial charge on any atom is -0.373 e. The fraction of sp³-hybridized carbons (Fsp3) is 0.643. The number of aromatic nitrogens is 2. The summed E-state index contributed by atoms with van der Waals surface area (Å²) in [7, 11) is 1.68. The minimum absolute atomic E-state index is 0.0568. The lowest BCUT2D eigenvalue weighted by Crippen LogP contribution is -2.11. The van der Waals surface area contributed by atoms with Crippen molar-refractivity contribution >= 4 is 5.78 Å². The molecule has 0 spiro atoms. The van der Waals surface area contributed by atoms with Crippen LogP contribution in [0.25, 0.3) is 0 Å². The lowest BCUT2D eigenvalue weighted by molar-refractivity contribution is 0.0871. The Morgan fingerprint density at radius 1 is 1.39 bits per heavy atom. The molecule has 1 aromatic heterocycles. The minimum atomic E-state index is -0.0568. The Balaban J connectivity index is 2.30. The molecular weight excluding hydrogens is 228 g/mol. The van der Waals surface area contributed by atoms with Crippen molar-refractivity contribution in [2.45, 2.75) is 51.6 Å². The number of ketones is 1. The Morgan fingerprint density at radius 3 is 2.89 bits per heavy atom. The molecule has 98 valence electrons. The van der Waals surface area contributed by atoms with Crippen LogP contribution in [0.2, 0.25) is 0 Å². The quantitative estimate of drug-likeness (QED) is 0.769. The van der Waals surface area contributed by atoms with Gasteiger partial charge in [-0.2, -0.15) is 0 Å². The van der Waals surface area contributed by atoms with Gasteiger partial charge in [-0.15, -0.1) is 0 Å². The van der Waals surface area contributed by atoms with E-state index in [1.807, 2.05) is 0 Å². The van der Waals surface area contributed by atoms with Crippen LogP contribution in [0.4, 0.5) is 0 Å². The molecule has 0 amide bonds. The second-order valence-electron chi connectivity index (χ2n) is 4.73. The van der Waals surface area contributed by atoms with Gasteiger partial charge >= 0.3 is 0 Å². The van der Waals surface area contributed by atoms with Crippen LogP contribution in [0.15, 0.2) is 6.20 Å². The topological polar surface area (TPSA) is 52.1 Å². The highest BCUT2D eigenvalue weighted by molar-refractivity contribution is 5.97. The third-order valence-electron chi connectivity index (χ3n) is 3.38. The monoisotopic (exact) mass is 248 g/mol. The van der Waals surface area contributed by atoms with Crippen LogP contribution in [-0.2, 0) is 11.2 Å². The summed E-state index contributed by atoms with van der Waals surface area (Å²) in [6.07, 6.45) is 7.04. The molecular formula is C14H20N2O2. The van der Waals surface area contributed by atoms with Crippen molar-refractivity contribution in [2.75, 3.05) is 7.11 Å². The number of rotatable bonds is 4. The SMILES string of the molecule is CCCC(OC)c1ncc2c(n1)CCCCC2=O. The van der Waals surface area contributed by atoms with E-state index in [9.17, 15) is 4.79 Å². The van der Waals surface area contributed by atoms with E-state index in [-0.39, 0.29) is 11.9 Å². The van der Waals surface area contributed by atoms with Gasteiger partial charge in [-0.1, -0.05) is 13.3 Å². The van der Waals surface area contributed by atoms with E-state index in [4.69, 9.17) is 4.74 Å². The zero-order chi connectivity index (χ0) is 13.0. The predicted molar refractivity (Wildman–Crippen MR) is 68.6 cm³/mol. The average Bonchev–Trinajstić information content (AvgIpc) is 2.58. The summed E-state index contributed by atoms with van der Waals surface area (Å²) >= 11 is 0. The van der Waals surface area contributed by atoms with E-state index in [1.165, 1.54) is 0 Å². The molecule has 4 nitrogen and oxygen atoms in total. The molecule has 1 aliphatic rings. The lowest BCUT2D eigenvalue weighted by atomic mass is 10.1. The molecule has 1 aliphatic carbocycles. The maximum absolute atomic E-state index is 11.9. The molecule has 0 bridgehead atoms. The maximum Gasteiger partial charge on any atom is 0.166 e. The molecule has 0 aliphatic heterocycles. The number of Topliss-reactive ketones (excluding diaryl/α,β-unsaturated/α-hetero) is 1. The highest BCUT2D eigenvalue weighted by atomic mass is 16.5. The number of carbonyl (C=O) groups excluding carboxylic acids is 1. The number of nitrogens with zero attached hydrogens (tertiary/aromatic N) is 2. The summed E-state index contributed by atoms with van der Waals surface area (Å²) < 4.78 is 5.42. The summed E-state index contributed by atoms with van der Waals surface area (Å²) in [5.41, 5.74) is 1.61. The summed E-state index contributed by atoms with van der Waals surface area (Å²) in [5.74, 6) is 0.895. The number of carbonyl (C=O) groups is 1. The zero-order valence-electron chi connectivity index (χ0n) is 11.1. The molecule has 1 unspecified atom stereocenters. The molecule has 0 fully saturated rings. The fourth-order valence-corrected chi connectivity index (χ4v) is 2.34. The lowest BCUT2D eigenvalue weighted by Gasteiger charge is -2.14. The molecule has 1 atom stereocenters. The van der Waals surface area contributed by atoms with E-state index < -0.39 is 0 Å². The number of hydrogen-bond acceptors (Lipinski definition) is 4. The first-order chi connectivity index (χ1) is 8.76. The van der Waals surface area contributed by atoms with Gasteiger partial charge in [0.1, 0.15) is 6.10 Å². The third-order valence-corrected chi connectivity index (χ3v) is 3.38. The van der Waals surface area contributed by atoms with Gasteiger partial charge in [0.15, 0.2) is 11.6 Å². The van der Waals surface area contributed by atoms with Crippen LogP contribution in [0.5, 0.6) is 0 Å². The molecule has 1 aromatic rings. The Bertz CT molecular complexity index is 432. The van der Waals surface area contributed by atoms with Gasteiger partial charge in [0.25, 0.3) is 0 Å². The van der Waals surface area contributed by atoms with Crippen LogP contribution < -0.4 is 0 Å². The second-order valence-corrected chi connectivity index (χ2v) is 4.73. The van der Waals surface area contributed by atoms with Gasteiger partial charge in [-0.05, 0) is 25.7 Å². The Kier molecular flexibility index (Phi) is 4.42. The standard InChI is InChI=1S/C14H20N2O2/c1-3-6-13(18-2)14-15-9-10-11(16-14)7-4-5-8-12(10)17/h9,13H,3-8H2,1-2H3. The molecule has 0 saturated carbocycles. The van der Waals surface area contributed by atoms with Gasteiger partial charge in [0, 0.05) is 19.7 Å². The summed E-state index contributed by atoms with van der Waals surface area (Å²) in [4.78, 5) is 20.7. The summed E-state index contributed by atoms with van der Waals surface area (Å²) in [6, 6.07) is 0. The normalized spacial score (nSPS) is 17.1. The molecule has 0 saturated heterocycles. The van der Waals surface area contributed by atoms with Crippen molar-refractivity contribution in [1.82, 2.24) is 9.97 Å². The first-order valence-corrected chi connectivity index (χ1v) is 6.68. The average molecular weight is 248 g/mol. The largest absolute Gasteiger partial charge is 0.373 e. The number of ether oxygens (including phenoxy) is 1. The van der Waals surface area contributed by atoms with Crippen LogP contribution >= 0.6 is 0 Å². The van der Waals surface area contributed by atoms with Crippen LogP contribution in [0.1, 0.15) is 67.0 Å². The van der Waals surface area contributed by atoms with Crippen molar-refractivity contribution in [3.8, 4) is 0 Å². The van der Waals surface area contributed by atoms with Gasteiger partial charge in [-0.25, -0.2) is 9.97 Å². The van der Waals surface area contributed by atoms with E-state index in [0.29, 0.717) is 17.8 Å². The molecule has 1 heterocycles. The number of hydrogen-bond donors (Lipinski definition) is 0. The van der Waals surface area contributed by atoms with E-state index in [2.05, 4.69) is 16.9 Å². The van der Waals surface area contributed by atoms with Crippen LogP contribution in [0, 0.1) is 0 Å². The highest BCUT2D eigenvalue weighted by Crippen LogP contribution is 2.23. The highest BCUT2D eigenvalue weighted by Gasteiger charge is 2.20. The smallest absolute Gasteiger partial charge is 0.166 e. The van der Waals surface area contributed by atoms with Crippen molar-refractivity contribution in [2.24, 2.45) is 0 Å². The van der Waals surface area contributed by atoms with Crippen LogP contribution in [-0.4, -0.2) is 22.9 Å². The molecule has 4 heteroatoms. The first-order valence-electron chi connectivity index (χ1n) is 6.68. The van der Waals surface area contributed by atoms with E-state index in [1.54, 1.807) is 13.3 Å². The molecule has 0 N–H and O–H groups in total. The fourth-order valence-electron chi connectivity index (χ4n) is 2.34. The number of fused-ring (bicyclic) bond motifs is 1. The number of methoxy groups -OCH3 is 1. The second kappa shape index (κ2) is 6.05. The summed E-state index contributed by atoms with van der Waals surface area (Å²) in [6.45, 7) is 2.11. The van der Waals surface area contributed by atoms with Gasteiger partial charge in [0.05, 0.1) is 11.3 Å². The van der Waals surface area contributed by atoms with E-state index in [0.717, 1.165) is 37.8 Å². The molecule has 0 radical (unpaired) electrons. The first kappa shape index (κ1) is 13.1. The van der Waals surface area contributed by atoms with Crippen molar-refractivity contribution in [3.63, 3.8) is 0 Å². The number of aryl methyl sites for hydroxylation is 1. The zero-order valence-corrected chi connectivity index (χ0v) is 11.1. The third kappa shape index (κ3) is 2.75. The maximum atomic E-state index is 11.9. The Hall–Kier alpha value is -1.29. The Morgan fingerprint density at radius 2 is 2.17 bits per heavy atom. The Labute approximate surface area is 108 Å². The van der Waals surface area contributed by atoms with Crippen molar-refractivity contribution in [3.05, 3.63) is 23.3 Å².